The maximum absolute atomic E-state index is 14.2. The number of hydrogen-bond acceptors (Lipinski definition) is 4. The Morgan fingerprint density at radius 2 is 1.79 bits per heavy atom. The molecule has 0 bridgehead atoms. The number of amides is 2. The molecule has 0 unspecified atom stereocenters. The lowest BCUT2D eigenvalue weighted by Crippen LogP contribution is -2.15. The average Bonchev–Trinajstić information content (AvgIpc) is 3.06. The zero-order valence-electron chi connectivity index (χ0n) is 18.7. The summed E-state index contributed by atoms with van der Waals surface area (Å²) < 4.78 is 21.4. The zero-order chi connectivity index (χ0) is 24.1. The molecule has 0 radical (unpaired) electrons. The van der Waals surface area contributed by atoms with Gasteiger partial charge in [-0.3, -0.25) is 9.59 Å². The molecule has 0 aliphatic heterocycles. The fraction of sp³-hybridized carbons (Fsp3) is 0.160. The van der Waals surface area contributed by atoms with E-state index in [1.54, 1.807) is 7.11 Å². The molecule has 2 aromatic carbocycles. The van der Waals surface area contributed by atoms with E-state index in [0.29, 0.717) is 11.3 Å². The van der Waals surface area contributed by atoms with Crippen LogP contribution in [0.3, 0.4) is 0 Å². The van der Waals surface area contributed by atoms with Gasteiger partial charge in [-0.25, -0.2) is 4.39 Å². The van der Waals surface area contributed by atoms with Crippen molar-refractivity contribution in [2.24, 2.45) is 0 Å². The van der Waals surface area contributed by atoms with E-state index in [1.165, 1.54) is 25.1 Å². The van der Waals surface area contributed by atoms with Crippen LogP contribution in [0.4, 0.5) is 15.8 Å². The van der Waals surface area contributed by atoms with Gasteiger partial charge in [-0.2, -0.15) is 5.26 Å². The number of hydrogen-bond donors (Lipinski definition) is 2. The molecule has 0 saturated heterocycles. The van der Waals surface area contributed by atoms with Gasteiger partial charge in [0.1, 0.15) is 23.2 Å². The predicted molar refractivity (Wildman–Crippen MR) is 125 cm³/mol. The number of nitrogens with one attached hydrogen (secondary N) is 2. The Bertz CT molecular complexity index is 1280. The van der Waals surface area contributed by atoms with Crippen molar-refractivity contribution in [2.75, 3.05) is 17.7 Å². The first-order valence-corrected chi connectivity index (χ1v) is 10.1. The molecule has 1 heterocycles. The number of carbonyl (C=O) groups excluding carboxylic acids is 2. The topological polar surface area (TPSA) is 96.2 Å². The second-order valence-electron chi connectivity index (χ2n) is 7.36. The second kappa shape index (κ2) is 9.83. The molecular formula is C25H23FN4O3. The molecule has 0 aliphatic rings. The summed E-state index contributed by atoms with van der Waals surface area (Å²) in [6.45, 7) is 5.12. The Morgan fingerprint density at radius 1 is 1.09 bits per heavy atom. The lowest BCUT2D eigenvalue weighted by molar-refractivity contribution is -0.114. The zero-order valence-corrected chi connectivity index (χ0v) is 18.7. The first kappa shape index (κ1) is 23.3. The molecule has 168 valence electrons. The highest BCUT2D eigenvalue weighted by molar-refractivity contribution is 6.10. The first-order chi connectivity index (χ1) is 15.7. The number of anilines is 2. The number of benzene rings is 2. The summed E-state index contributed by atoms with van der Waals surface area (Å²) in [5, 5.41) is 14.5. The van der Waals surface area contributed by atoms with Gasteiger partial charge in [0.15, 0.2) is 0 Å². The number of nitrogens with zero attached hydrogens (tertiary/aromatic N) is 2. The summed E-state index contributed by atoms with van der Waals surface area (Å²) in [5.74, 6) is -1.04. The van der Waals surface area contributed by atoms with Crippen molar-refractivity contribution in [2.45, 2.75) is 20.8 Å². The molecule has 3 aromatic rings. The number of rotatable bonds is 6. The minimum absolute atomic E-state index is 0.142. The van der Waals surface area contributed by atoms with E-state index in [1.807, 2.05) is 54.8 Å². The van der Waals surface area contributed by atoms with Crippen molar-refractivity contribution < 1.29 is 18.7 Å². The van der Waals surface area contributed by atoms with Gasteiger partial charge < -0.3 is 19.9 Å². The van der Waals surface area contributed by atoms with Crippen LogP contribution in [0.2, 0.25) is 0 Å². The lowest BCUT2D eigenvalue weighted by Gasteiger charge is -2.10. The molecule has 0 aliphatic carbocycles. The van der Waals surface area contributed by atoms with E-state index in [9.17, 15) is 19.2 Å². The lowest BCUT2D eigenvalue weighted by atomic mass is 10.1. The van der Waals surface area contributed by atoms with Crippen molar-refractivity contribution in [3.8, 4) is 17.5 Å². The Hall–Kier alpha value is -4.38. The fourth-order valence-electron chi connectivity index (χ4n) is 3.46. The van der Waals surface area contributed by atoms with Gasteiger partial charge in [0.25, 0.3) is 5.91 Å². The Morgan fingerprint density at radius 3 is 2.39 bits per heavy atom. The van der Waals surface area contributed by atoms with E-state index in [2.05, 4.69) is 10.6 Å². The number of methoxy groups -OCH3 is 1. The molecular weight excluding hydrogens is 423 g/mol. The van der Waals surface area contributed by atoms with Gasteiger partial charge in [-0.15, -0.1) is 0 Å². The minimum Gasteiger partial charge on any atom is -0.497 e. The number of nitriles is 1. The molecule has 2 N–H and O–H groups in total. The summed E-state index contributed by atoms with van der Waals surface area (Å²) >= 11 is 0. The van der Waals surface area contributed by atoms with Crippen LogP contribution in [0.1, 0.15) is 23.9 Å². The molecule has 7 nitrogen and oxygen atoms in total. The molecule has 33 heavy (non-hydrogen) atoms. The van der Waals surface area contributed by atoms with Gasteiger partial charge in [0.2, 0.25) is 5.91 Å². The third-order valence-corrected chi connectivity index (χ3v) is 5.00. The molecule has 2 amide bonds. The summed E-state index contributed by atoms with van der Waals surface area (Å²) in [4.78, 5) is 23.9. The number of aromatic nitrogens is 1. The van der Waals surface area contributed by atoms with E-state index in [0.717, 1.165) is 28.9 Å². The molecule has 1 aromatic heterocycles. The van der Waals surface area contributed by atoms with Crippen molar-refractivity contribution in [1.82, 2.24) is 4.57 Å². The number of halogens is 1. The van der Waals surface area contributed by atoms with Crippen LogP contribution >= 0.6 is 0 Å². The predicted octanol–water partition coefficient (Wildman–Crippen LogP) is 4.75. The Labute approximate surface area is 191 Å². The first-order valence-electron chi connectivity index (χ1n) is 10.1. The van der Waals surface area contributed by atoms with Crippen LogP contribution in [0.15, 0.2) is 54.1 Å². The standard InChI is InChI=1S/C25H23FN4O3/c1-15-11-18(16(2)30(15)21-6-8-22(33-4)9-7-21)12-19(14-27)25(32)29-24-13-20(28-17(3)31)5-10-23(24)26/h5-13H,1-4H3,(H,28,31)(H,29,32)/b19-12+. The number of aryl methyl sites for hydroxylation is 1. The number of ether oxygens (including phenoxy) is 1. The Balaban J connectivity index is 1.90. The smallest absolute Gasteiger partial charge is 0.266 e. The molecule has 0 spiro atoms. The van der Waals surface area contributed by atoms with E-state index in [4.69, 9.17) is 4.74 Å². The van der Waals surface area contributed by atoms with E-state index < -0.39 is 11.7 Å². The number of carbonyl (C=O) groups is 2. The summed E-state index contributed by atoms with van der Waals surface area (Å²) in [6, 6.07) is 15.1. The molecule has 0 atom stereocenters. The van der Waals surface area contributed by atoms with Gasteiger partial charge >= 0.3 is 0 Å². The van der Waals surface area contributed by atoms with E-state index >= 15 is 0 Å². The van der Waals surface area contributed by atoms with Gasteiger partial charge in [-0.1, -0.05) is 0 Å². The normalized spacial score (nSPS) is 11.0. The van der Waals surface area contributed by atoms with Gasteiger partial charge in [0.05, 0.1) is 12.8 Å². The highest BCUT2D eigenvalue weighted by atomic mass is 19.1. The van der Waals surface area contributed by atoms with Crippen LogP contribution in [0, 0.1) is 31.0 Å². The van der Waals surface area contributed by atoms with Crippen LogP contribution in [-0.2, 0) is 9.59 Å². The third kappa shape index (κ3) is 5.28. The maximum atomic E-state index is 14.2. The molecule has 0 fully saturated rings. The largest absolute Gasteiger partial charge is 0.497 e. The minimum atomic E-state index is -0.759. The summed E-state index contributed by atoms with van der Waals surface area (Å²) in [6.07, 6.45) is 1.47. The van der Waals surface area contributed by atoms with Crippen LogP contribution in [0.5, 0.6) is 5.75 Å². The average molecular weight is 446 g/mol. The van der Waals surface area contributed by atoms with Crippen molar-refractivity contribution in [3.63, 3.8) is 0 Å². The molecule has 8 heteroatoms. The van der Waals surface area contributed by atoms with E-state index in [-0.39, 0.29) is 17.2 Å². The van der Waals surface area contributed by atoms with Gasteiger partial charge in [0, 0.05) is 29.7 Å². The fourth-order valence-corrected chi connectivity index (χ4v) is 3.46. The van der Waals surface area contributed by atoms with Crippen molar-refractivity contribution in [1.29, 1.82) is 5.26 Å². The molecule has 0 saturated carbocycles. The van der Waals surface area contributed by atoms with Crippen molar-refractivity contribution in [3.05, 3.63) is 76.9 Å². The van der Waals surface area contributed by atoms with Crippen LogP contribution in [-0.4, -0.2) is 23.5 Å². The summed E-state index contributed by atoms with van der Waals surface area (Å²) in [5.41, 5.74) is 3.33. The van der Waals surface area contributed by atoms with Crippen molar-refractivity contribution >= 4 is 29.3 Å². The second-order valence-corrected chi connectivity index (χ2v) is 7.36. The summed E-state index contributed by atoms with van der Waals surface area (Å²) in [7, 11) is 1.60. The highest BCUT2D eigenvalue weighted by Gasteiger charge is 2.16. The van der Waals surface area contributed by atoms with Crippen LogP contribution in [0.25, 0.3) is 11.8 Å². The maximum Gasteiger partial charge on any atom is 0.266 e. The third-order valence-electron chi connectivity index (χ3n) is 5.00. The SMILES string of the molecule is COc1ccc(-n2c(C)cc(/C=C(\C#N)C(=O)Nc3cc(NC(C)=O)ccc3F)c2C)cc1. The molecule has 3 rings (SSSR count). The monoisotopic (exact) mass is 446 g/mol. The quantitative estimate of drug-likeness (QED) is 0.422. The van der Waals surface area contributed by atoms with Gasteiger partial charge in [-0.05, 0) is 74.0 Å². The Kier molecular flexibility index (Phi) is 6.94. The highest BCUT2D eigenvalue weighted by Crippen LogP contribution is 2.25. The van der Waals surface area contributed by atoms with Crippen LogP contribution < -0.4 is 15.4 Å².